The first-order valence-electron chi connectivity index (χ1n) is 8.86. The normalized spacial score (nSPS) is 31.8. The topological polar surface area (TPSA) is 46.5 Å². The average molecular weight is 322 g/mol. The maximum atomic E-state index is 12.3. The number of aliphatic hydroxyl groups is 1. The van der Waals surface area contributed by atoms with Crippen LogP contribution in [0.15, 0.2) is 24.3 Å². The lowest BCUT2D eigenvalue weighted by Gasteiger charge is -2.39. The van der Waals surface area contributed by atoms with E-state index in [9.17, 15) is 9.90 Å². The summed E-state index contributed by atoms with van der Waals surface area (Å²) in [5.74, 6) is -0.283. The van der Waals surface area contributed by atoms with Gasteiger partial charge in [-0.05, 0) is 5.92 Å². The molecular formula is C19H32NO3+. The number of hydrogen-bond acceptors (Lipinski definition) is 3. The molecule has 0 spiro atoms. The van der Waals surface area contributed by atoms with E-state index in [0.717, 1.165) is 36.8 Å². The van der Waals surface area contributed by atoms with Crippen LogP contribution in [0.3, 0.4) is 0 Å². The van der Waals surface area contributed by atoms with Crippen LogP contribution in [0.4, 0.5) is 0 Å². The minimum atomic E-state index is -0.950. The Hall–Kier alpha value is -1.13. The molecule has 0 aromatic carbocycles. The van der Waals surface area contributed by atoms with Gasteiger partial charge >= 0.3 is 5.97 Å². The van der Waals surface area contributed by atoms with Gasteiger partial charge in [0.25, 0.3) is 0 Å². The Morgan fingerprint density at radius 3 is 2.61 bits per heavy atom. The monoisotopic (exact) mass is 322 g/mol. The maximum Gasteiger partial charge on any atom is 0.306 e. The quantitative estimate of drug-likeness (QED) is 0.625. The molecule has 130 valence electrons. The molecule has 3 atom stereocenters. The van der Waals surface area contributed by atoms with Crippen LogP contribution < -0.4 is 0 Å². The Morgan fingerprint density at radius 2 is 2.00 bits per heavy atom. The first-order chi connectivity index (χ1) is 10.8. The third kappa shape index (κ3) is 4.45. The summed E-state index contributed by atoms with van der Waals surface area (Å²) in [6.07, 6.45) is 10.6. The third-order valence-electron chi connectivity index (χ3n) is 5.61. The number of piperidine rings is 1. The van der Waals surface area contributed by atoms with Gasteiger partial charge in [0.2, 0.25) is 0 Å². The molecule has 4 heteroatoms. The predicted octanol–water partition coefficient (Wildman–Crippen LogP) is 2.68. The number of esters is 1. The van der Waals surface area contributed by atoms with Crippen molar-refractivity contribution in [2.45, 2.75) is 51.2 Å². The fourth-order valence-electron chi connectivity index (χ4n) is 3.55. The van der Waals surface area contributed by atoms with E-state index in [-0.39, 0.29) is 30.3 Å². The van der Waals surface area contributed by atoms with Gasteiger partial charge in [0.15, 0.2) is 0 Å². The smallest absolute Gasteiger partial charge is 0.306 e. The minimum absolute atomic E-state index is 0.0356. The first kappa shape index (κ1) is 18.2. The molecule has 0 bridgehead atoms. The molecular weight excluding hydrogens is 290 g/mol. The molecule has 1 heterocycles. The van der Waals surface area contributed by atoms with Gasteiger partial charge in [0, 0.05) is 18.8 Å². The van der Waals surface area contributed by atoms with Crippen molar-refractivity contribution in [1.29, 1.82) is 0 Å². The molecule has 1 saturated heterocycles. The molecule has 0 radical (unpaired) electrons. The predicted molar refractivity (Wildman–Crippen MR) is 91.7 cm³/mol. The zero-order valence-electron chi connectivity index (χ0n) is 15.0. The van der Waals surface area contributed by atoms with Crippen LogP contribution >= 0.6 is 0 Å². The number of hydrogen-bond donors (Lipinski definition) is 1. The molecule has 0 aromatic rings. The van der Waals surface area contributed by atoms with Gasteiger partial charge < -0.3 is 14.3 Å². The van der Waals surface area contributed by atoms with Crippen molar-refractivity contribution in [3.8, 4) is 0 Å². The molecule has 2 rings (SSSR count). The average Bonchev–Trinajstić information content (AvgIpc) is 2.51. The lowest BCUT2D eigenvalue weighted by Crippen LogP contribution is -2.48. The van der Waals surface area contributed by atoms with E-state index in [1.807, 2.05) is 31.2 Å². The fraction of sp³-hybridized carbons (Fsp3) is 0.737. The van der Waals surface area contributed by atoms with E-state index >= 15 is 0 Å². The van der Waals surface area contributed by atoms with Gasteiger partial charge in [0.05, 0.1) is 39.2 Å². The third-order valence-corrected chi connectivity index (χ3v) is 5.61. The van der Waals surface area contributed by atoms with Crippen LogP contribution in [0.1, 0.15) is 39.5 Å². The van der Waals surface area contributed by atoms with Crippen molar-refractivity contribution >= 4 is 5.97 Å². The summed E-state index contributed by atoms with van der Waals surface area (Å²) in [5.41, 5.74) is -0.950. The SMILES string of the molecule is CCC(C)C1(O)C=CC=CC1CC(=O)OC1CC[N+](C)(C)CC1. The molecule has 1 N–H and O–H groups in total. The summed E-state index contributed by atoms with van der Waals surface area (Å²) in [4.78, 5) is 12.3. The summed E-state index contributed by atoms with van der Waals surface area (Å²) in [7, 11) is 4.42. The molecule has 0 saturated carbocycles. The van der Waals surface area contributed by atoms with Gasteiger partial charge in [-0.1, -0.05) is 44.6 Å². The fourth-order valence-corrected chi connectivity index (χ4v) is 3.55. The Morgan fingerprint density at radius 1 is 1.35 bits per heavy atom. The second kappa shape index (κ2) is 7.18. The van der Waals surface area contributed by atoms with E-state index < -0.39 is 5.60 Å². The Balaban J connectivity index is 1.91. The highest BCUT2D eigenvalue weighted by atomic mass is 16.5. The Kier molecular flexibility index (Phi) is 5.69. The highest BCUT2D eigenvalue weighted by Crippen LogP contribution is 2.36. The largest absolute Gasteiger partial charge is 0.462 e. The van der Waals surface area contributed by atoms with Crippen molar-refractivity contribution in [3.63, 3.8) is 0 Å². The number of nitrogens with zero attached hydrogens (tertiary/aromatic N) is 1. The summed E-state index contributed by atoms with van der Waals surface area (Å²) >= 11 is 0. The Labute approximate surface area is 140 Å². The molecule has 0 amide bonds. The molecule has 23 heavy (non-hydrogen) atoms. The Bertz CT molecular complexity index is 473. The van der Waals surface area contributed by atoms with Crippen LogP contribution in [0.2, 0.25) is 0 Å². The van der Waals surface area contributed by atoms with Crippen LogP contribution in [0.25, 0.3) is 0 Å². The number of carbonyl (C=O) groups is 1. The van der Waals surface area contributed by atoms with Gasteiger partial charge in [-0.15, -0.1) is 0 Å². The standard InChI is InChI=1S/C19H32NO3/c1-5-15(2)19(22)11-7-6-8-16(19)14-18(21)23-17-9-12-20(3,4)13-10-17/h6-8,11,15-17,22H,5,9-10,12-14H2,1-4H3/q+1. The van der Waals surface area contributed by atoms with Crippen LogP contribution in [0, 0.1) is 11.8 Å². The molecule has 1 fully saturated rings. The van der Waals surface area contributed by atoms with Crippen molar-refractivity contribution in [2.75, 3.05) is 27.2 Å². The number of rotatable bonds is 5. The lowest BCUT2D eigenvalue weighted by molar-refractivity contribution is -0.896. The molecule has 0 aromatic heterocycles. The van der Waals surface area contributed by atoms with Crippen LogP contribution in [0.5, 0.6) is 0 Å². The van der Waals surface area contributed by atoms with Crippen molar-refractivity contribution in [3.05, 3.63) is 24.3 Å². The summed E-state index contributed by atoms with van der Waals surface area (Å²) in [6, 6.07) is 0. The molecule has 3 unspecified atom stereocenters. The maximum absolute atomic E-state index is 12.3. The van der Waals surface area contributed by atoms with E-state index in [0.29, 0.717) is 0 Å². The second-order valence-electron chi connectivity index (χ2n) is 7.82. The molecule has 2 aliphatic rings. The second-order valence-corrected chi connectivity index (χ2v) is 7.82. The van der Waals surface area contributed by atoms with Crippen LogP contribution in [-0.4, -0.2) is 54.4 Å². The minimum Gasteiger partial charge on any atom is -0.462 e. The highest BCUT2D eigenvalue weighted by Gasteiger charge is 2.40. The number of carbonyl (C=O) groups excluding carboxylic acids is 1. The van der Waals surface area contributed by atoms with Crippen molar-refractivity contribution in [1.82, 2.24) is 0 Å². The molecule has 1 aliphatic carbocycles. The number of likely N-dealkylation sites (tertiary alicyclic amines) is 1. The number of ether oxygens (including phenoxy) is 1. The van der Waals surface area contributed by atoms with E-state index in [1.54, 1.807) is 0 Å². The summed E-state index contributed by atoms with van der Waals surface area (Å²) < 4.78 is 6.67. The molecule has 1 aliphatic heterocycles. The molecule has 4 nitrogen and oxygen atoms in total. The van der Waals surface area contributed by atoms with E-state index in [2.05, 4.69) is 21.0 Å². The summed E-state index contributed by atoms with van der Waals surface area (Å²) in [5, 5.41) is 11.0. The zero-order chi connectivity index (χ0) is 17.1. The lowest BCUT2D eigenvalue weighted by atomic mass is 9.73. The van der Waals surface area contributed by atoms with Gasteiger partial charge in [-0.2, -0.15) is 0 Å². The first-order valence-corrected chi connectivity index (χ1v) is 8.86. The van der Waals surface area contributed by atoms with Gasteiger partial charge in [-0.25, -0.2) is 0 Å². The van der Waals surface area contributed by atoms with Crippen molar-refractivity contribution < 1.29 is 19.1 Å². The van der Waals surface area contributed by atoms with E-state index in [4.69, 9.17) is 4.74 Å². The van der Waals surface area contributed by atoms with Crippen LogP contribution in [-0.2, 0) is 9.53 Å². The zero-order valence-corrected chi connectivity index (χ0v) is 15.0. The van der Waals surface area contributed by atoms with Gasteiger partial charge in [0.1, 0.15) is 6.10 Å². The van der Waals surface area contributed by atoms with Gasteiger partial charge in [-0.3, -0.25) is 4.79 Å². The highest BCUT2D eigenvalue weighted by molar-refractivity contribution is 5.70. The summed E-state index contributed by atoms with van der Waals surface area (Å²) in [6.45, 7) is 6.18. The number of allylic oxidation sites excluding steroid dienone is 2. The number of quaternary nitrogens is 1. The van der Waals surface area contributed by atoms with Crippen molar-refractivity contribution in [2.24, 2.45) is 11.8 Å². The van der Waals surface area contributed by atoms with E-state index in [1.165, 1.54) is 0 Å².